The van der Waals surface area contributed by atoms with Crippen molar-refractivity contribution in [1.29, 1.82) is 0 Å². The quantitative estimate of drug-likeness (QED) is 0.470. The zero-order valence-corrected chi connectivity index (χ0v) is 14.2. The molecule has 23 heavy (non-hydrogen) atoms. The molecule has 2 aromatic carbocycles. The van der Waals surface area contributed by atoms with E-state index in [1.807, 2.05) is 0 Å². The van der Waals surface area contributed by atoms with E-state index in [1.54, 1.807) is 0 Å². The van der Waals surface area contributed by atoms with E-state index in [0.717, 1.165) is 12.1 Å². The number of fused-ring (bicyclic) bond motifs is 1. The van der Waals surface area contributed by atoms with Gasteiger partial charge in [-0.15, -0.1) is 0 Å². The first-order valence-corrected chi connectivity index (χ1v) is 9.49. The molecule has 13 heteroatoms. The van der Waals surface area contributed by atoms with Crippen LogP contribution in [0.1, 0.15) is 0 Å². The maximum absolute atomic E-state index is 11.3. The van der Waals surface area contributed by atoms with Crippen LogP contribution in [-0.4, -0.2) is 38.9 Å². The number of hydrogen-bond donors (Lipinski definition) is 0. The third-order valence-electron chi connectivity index (χ3n) is 2.69. The van der Waals surface area contributed by atoms with Crippen LogP contribution in [0.15, 0.2) is 45.0 Å². The Labute approximate surface area is 142 Å². The van der Waals surface area contributed by atoms with Gasteiger partial charge in [0.2, 0.25) is 0 Å². The minimum absolute atomic E-state index is 0. The summed E-state index contributed by atoms with van der Waals surface area (Å²) in [6.45, 7) is 0. The van der Waals surface area contributed by atoms with Crippen LogP contribution in [0.4, 0.5) is 0 Å². The fourth-order valence-corrected chi connectivity index (χ4v) is 5.27. The van der Waals surface area contributed by atoms with Crippen molar-refractivity contribution >= 4 is 41.1 Å². The molecule has 125 valence electrons. The van der Waals surface area contributed by atoms with Gasteiger partial charge in [0, 0.05) is 5.39 Å². The summed E-state index contributed by atoms with van der Waals surface area (Å²) in [5.74, 6) is 0. The van der Waals surface area contributed by atoms with E-state index in [0.29, 0.717) is 6.07 Å². The van der Waals surface area contributed by atoms with Crippen molar-refractivity contribution in [2.75, 3.05) is 0 Å². The molecular formula is C10H5FeO9S3. The van der Waals surface area contributed by atoms with Crippen molar-refractivity contribution in [2.45, 2.75) is 14.7 Å². The Balaban J connectivity index is 0.00000264. The summed E-state index contributed by atoms with van der Waals surface area (Å²) in [6.07, 6.45) is 0. The molecule has 1 radical (unpaired) electrons. The van der Waals surface area contributed by atoms with Gasteiger partial charge in [-0.1, -0.05) is 24.3 Å². The van der Waals surface area contributed by atoms with E-state index in [1.165, 1.54) is 12.1 Å². The van der Waals surface area contributed by atoms with E-state index >= 15 is 0 Å². The van der Waals surface area contributed by atoms with Crippen LogP contribution >= 0.6 is 0 Å². The first kappa shape index (κ1) is 20.0. The number of benzene rings is 2. The van der Waals surface area contributed by atoms with Crippen LogP contribution in [0.2, 0.25) is 0 Å². The molecule has 0 N–H and O–H groups in total. The normalized spacial score (nSPS) is 12.8. The van der Waals surface area contributed by atoms with Crippen LogP contribution < -0.4 is 0 Å². The van der Waals surface area contributed by atoms with E-state index in [9.17, 15) is 38.9 Å². The Morgan fingerprint density at radius 3 is 1.61 bits per heavy atom. The summed E-state index contributed by atoms with van der Waals surface area (Å²) in [6, 6.07) is 5.27. The molecule has 0 unspecified atom stereocenters. The summed E-state index contributed by atoms with van der Waals surface area (Å²) < 4.78 is 101. The Bertz CT molecular complexity index is 1090. The van der Waals surface area contributed by atoms with Gasteiger partial charge in [-0.05, 0) is 11.5 Å². The summed E-state index contributed by atoms with van der Waals surface area (Å²) in [5, 5.41) is -0.668. The smallest absolute Gasteiger partial charge is 0.744 e. The molecule has 9 nitrogen and oxygen atoms in total. The van der Waals surface area contributed by atoms with Crippen molar-refractivity contribution < 1.29 is 56.0 Å². The molecule has 0 aromatic heterocycles. The van der Waals surface area contributed by atoms with Gasteiger partial charge >= 0.3 is 17.1 Å². The topological polar surface area (TPSA) is 172 Å². The van der Waals surface area contributed by atoms with E-state index in [2.05, 4.69) is 0 Å². The maximum Gasteiger partial charge on any atom is 3.00 e. The molecule has 2 aromatic rings. The standard InChI is InChI=1S/C10H8O9S3.Fe/c11-20(12,13)8-5-6-3-1-2-4-7(6)9(21(14,15)16)10(8)22(17,18)19;/h1-5H,(H,11,12,13)(H,14,15,16)(H,17,18,19);/q;+3/p-3. The monoisotopic (exact) mass is 421 g/mol. The van der Waals surface area contributed by atoms with Crippen molar-refractivity contribution in [3.63, 3.8) is 0 Å². The Morgan fingerprint density at radius 1 is 0.696 bits per heavy atom. The van der Waals surface area contributed by atoms with Gasteiger partial charge in [0.25, 0.3) is 0 Å². The van der Waals surface area contributed by atoms with Crippen molar-refractivity contribution in [2.24, 2.45) is 0 Å². The number of hydrogen-bond acceptors (Lipinski definition) is 9. The van der Waals surface area contributed by atoms with Gasteiger partial charge in [-0.3, -0.25) is 0 Å². The predicted molar refractivity (Wildman–Crippen MR) is 67.8 cm³/mol. The molecule has 0 spiro atoms. The molecule has 0 fully saturated rings. The van der Waals surface area contributed by atoms with E-state index in [4.69, 9.17) is 0 Å². The Kier molecular flexibility index (Phi) is 5.31. The third kappa shape index (κ3) is 3.89. The Hall–Kier alpha value is -1.05. The predicted octanol–water partition coefficient (Wildman–Crippen LogP) is -0.450. The molecule has 0 aliphatic carbocycles. The molecule has 0 amide bonds. The zero-order chi connectivity index (χ0) is 16.9. The second-order valence-electron chi connectivity index (χ2n) is 4.12. The van der Waals surface area contributed by atoms with Gasteiger partial charge in [-0.25, -0.2) is 25.3 Å². The molecule has 0 aliphatic heterocycles. The van der Waals surface area contributed by atoms with Crippen molar-refractivity contribution in [3.05, 3.63) is 30.3 Å². The maximum atomic E-state index is 11.3. The SMILES string of the molecule is O=S(=O)([O-])c1cc2ccccc2c(S(=O)(=O)[O-])c1S(=O)(=O)[O-].[Fe+3]. The third-order valence-corrected chi connectivity index (χ3v) is 5.66. The van der Waals surface area contributed by atoms with Gasteiger partial charge < -0.3 is 13.7 Å². The van der Waals surface area contributed by atoms with Crippen LogP contribution in [0.5, 0.6) is 0 Å². The number of rotatable bonds is 3. The summed E-state index contributed by atoms with van der Waals surface area (Å²) in [4.78, 5) is -4.97. The molecule has 0 bridgehead atoms. The molecular weight excluding hydrogens is 416 g/mol. The molecule has 0 saturated carbocycles. The fourth-order valence-electron chi connectivity index (χ4n) is 1.94. The Morgan fingerprint density at radius 2 is 1.17 bits per heavy atom. The average molecular weight is 421 g/mol. The second-order valence-corrected chi connectivity index (χ2v) is 8.10. The van der Waals surface area contributed by atoms with Crippen molar-refractivity contribution in [3.8, 4) is 0 Å². The second kappa shape index (κ2) is 6.11. The van der Waals surface area contributed by atoms with Crippen molar-refractivity contribution in [1.82, 2.24) is 0 Å². The minimum Gasteiger partial charge on any atom is -0.744 e. The van der Waals surface area contributed by atoms with E-state index in [-0.39, 0.29) is 22.5 Å². The van der Waals surface area contributed by atoms with Gasteiger partial charge in [0.15, 0.2) is 0 Å². The molecule has 0 aliphatic rings. The van der Waals surface area contributed by atoms with Crippen LogP contribution in [0, 0.1) is 0 Å². The largest absolute Gasteiger partial charge is 3.00 e. The molecule has 0 saturated heterocycles. The van der Waals surface area contributed by atoms with Gasteiger partial charge in [0.1, 0.15) is 30.4 Å². The van der Waals surface area contributed by atoms with Gasteiger partial charge in [-0.2, -0.15) is 0 Å². The van der Waals surface area contributed by atoms with Crippen LogP contribution in [-0.2, 0) is 47.4 Å². The molecule has 0 atom stereocenters. The van der Waals surface area contributed by atoms with Crippen LogP contribution in [0.25, 0.3) is 10.8 Å². The fraction of sp³-hybridized carbons (Fsp3) is 0. The first-order chi connectivity index (χ1) is 9.83. The van der Waals surface area contributed by atoms with E-state index < -0.39 is 50.4 Å². The summed E-state index contributed by atoms with van der Waals surface area (Å²) >= 11 is 0. The van der Waals surface area contributed by atoms with Crippen LogP contribution in [0.3, 0.4) is 0 Å². The average Bonchev–Trinajstić information content (AvgIpc) is 2.33. The summed E-state index contributed by atoms with van der Waals surface area (Å²) in [5.41, 5.74) is 0. The first-order valence-electron chi connectivity index (χ1n) is 5.27. The minimum atomic E-state index is -5.73. The van der Waals surface area contributed by atoms with Gasteiger partial charge in [0.05, 0.1) is 14.7 Å². The zero-order valence-electron chi connectivity index (χ0n) is 10.6. The molecule has 2 rings (SSSR count). The summed E-state index contributed by atoms with van der Waals surface area (Å²) in [7, 11) is -16.8. The molecule has 0 heterocycles.